The third-order valence-electron chi connectivity index (χ3n) is 0.594. The average molecular weight is 206 g/mol. The summed E-state index contributed by atoms with van der Waals surface area (Å²) in [5.74, 6) is -1.14. The second kappa shape index (κ2) is 5.51. The minimum Gasteiger partial charge on any atom is -0.480 e. The van der Waals surface area contributed by atoms with Crippen molar-refractivity contribution in [2.75, 3.05) is 12.8 Å². The van der Waals surface area contributed by atoms with Crippen LogP contribution in [-0.2, 0) is 9.36 Å². The Labute approximate surface area is 69.2 Å². The van der Waals surface area contributed by atoms with E-state index in [1.165, 1.54) is 0 Å². The van der Waals surface area contributed by atoms with Crippen LogP contribution >= 0.6 is 20.0 Å². The summed E-state index contributed by atoms with van der Waals surface area (Å²) in [6.45, 7) is -0.439. The molecule has 0 bridgehead atoms. The molecule has 0 unspecified atom stereocenters. The van der Waals surface area contributed by atoms with Crippen molar-refractivity contribution in [1.82, 2.24) is 5.32 Å². The van der Waals surface area contributed by atoms with Crippen LogP contribution in [0.25, 0.3) is 0 Å². The van der Waals surface area contributed by atoms with Crippen molar-refractivity contribution < 1.29 is 24.3 Å². The second-order valence-corrected chi connectivity index (χ2v) is 3.29. The van der Waals surface area contributed by atoms with Gasteiger partial charge in [0.1, 0.15) is 0 Å². The van der Waals surface area contributed by atoms with E-state index in [-0.39, 0.29) is 12.4 Å². The number of carboxylic acids is 1. The summed E-state index contributed by atoms with van der Waals surface area (Å²) in [6.07, 6.45) is -0.598. The molecule has 0 rings (SSSR count). The van der Waals surface area contributed by atoms with Crippen molar-refractivity contribution >= 4 is 26.0 Å². The predicted octanol–water partition coefficient (Wildman–Crippen LogP) is -0.782. The molecule has 0 aromatic rings. The zero-order valence-electron chi connectivity index (χ0n) is 5.43. The molecule has 0 amide bonds. The van der Waals surface area contributed by atoms with E-state index in [0.29, 0.717) is 0 Å². The fourth-order valence-electron chi connectivity index (χ4n) is 0.308. The molecule has 0 saturated heterocycles. The van der Waals surface area contributed by atoms with E-state index in [0.717, 1.165) is 0 Å². The van der Waals surface area contributed by atoms with Crippen LogP contribution in [-0.4, -0.2) is 33.7 Å². The number of hydrogen-bond donors (Lipinski definition) is 4. The third kappa shape index (κ3) is 13.0. The Morgan fingerprint density at radius 2 is 1.91 bits per heavy atom. The first-order valence-corrected chi connectivity index (χ1v) is 4.18. The van der Waals surface area contributed by atoms with Crippen molar-refractivity contribution in [3.8, 4) is 0 Å². The molecule has 8 heteroatoms. The topological polar surface area (TPSA) is 107 Å². The highest BCUT2D eigenvalue weighted by atomic mass is 35.5. The van der Waals surface area contributed by atoms with Crippen LogP contribution in [0.4, 0.5) is 0 Å². The standard InChI is InChI=1S/C3H8NO5P.ClH/c5-3(6)1-4-2-10(7,8)9;/h4H,1-2H2,(H,5,6)(H2,7,8,9);1H. The van der Waals surface area contributed by atoms with E-state index >= 15 is 0 Å². The van der Waals surface area contributed by atoms with Crippen LogP contribution in [0.1, 0.15) is 0 Å². The molecule has 0 atom stereocenters. The smallest absolute Gasteiger partial charge is 0.339 e. The van der Waals surface area contributed by atoms with Crippen LogP contribution < -0.4 is 5.32 Å². The van der Waals surface area contributed by atoms with Gasteiger partial charge in [-0.3, -0.25) is 14.7 Å². The summed E-state index contributed by atoms with van der Waals surface area (Å²) in [7, 11) is -4.10. The highest BCUT2D eigenvalue weighted by molar-refractivity contribution is 7.51. The molecule has 4 N–H and O–H groups in total. The van der Waals surface area contributed by atoms with E-state index < -0.39 is 26.4 Å². The molecule has 0 aromatic carbocycles. The number of hydrogen-bond acceptors (Lipinski definition) is 3. The summed E-state index contributed by atoms with van der Waals surface area (Å²) >= 11 is 0. The Morgan fingerprint density at radius 1 is 1.45 bits per heavy atom. The fourth-order valence-corrected chi connectivity index (χ4v) is 0.712. The first kappa shape index (κ1) is 13.5. The van der Waals surface area contributed by atoms with Crippen molar-refractivity contribution in [3.63, 3.8) is 0 Å². The normalized spacial score (nSPS) is 10.4. The monoisotopic (exact) mass is 205 g/mol. The van der Waals surface area contributed by atoms with Crippen LogP contribution in [0.15, 0.2) is 0 Å². The van der Waals surface area contributed by atoms with Crippen LogP contribution in [0.2, 0.25) is 0 Å². The Morgan fingerprint density at radius 3 is 2.18 bits per heavy atom. The summed E-state index contributed by atoms with van der Waals surface area (Å²) in [5, 5.41) is 10.1. The van der Waals surface area contributed by atoms with Crippen LogP contribution in [0.5, 0.6) is 0 Å². The molecule has 0 saturated carbocycles. The summed E-state index contributed by atoms with van der Waals surface area (Å²) in [4.78, 5) is 26.1. The van der Waals surface area contributed by atoms with Crippen molar-refractivity contribution in [1.29, 1.82) is 0 Å². The van der Waals surface area contributed by atoms with Gasteiger partial charge >= 0.3 is 13.6 Å². The molecule has 0 aliphatic carbocycles. The van der Waals surface area contributed by atoms with E-state index in [1.54, 1.807) is 0 Å². The lowest BCUT2D eigenvalue weighted by molar-refractivity contribution is -0.135. The van der Waals surface area contributed by atoms with E-state index in [9.17, 15) is 9.36 Å². The van der Waals surface area contributed by atoms with Crippen molar-refractivity contribution in [2.45, 2.75) is 0 Å². The molecule has 6 nitrogen and oxygen atoms in total. The van der Waals surface area contributed by atoms with E-state index in [2.05, 4.69) is 5.32 Å². The van der Waals surface area contributed by atoms with Gasteiger partial charge in [-0.05, 0) is 0 Å². The number of halogens is 1. The number of carbonyl (C=O) groups is 1. The Balaban J connectivity index is 0. The van der Waals surface area contributed by atoms with Gasteiger partial charge < -0.3 is 14.9 Å². The van der Waals surface area contributed by atoms with Crippen LogP contribution in [0, 0.1) is 0 Å². The number of nitrogens with one attached hydrogen (secondary N) is 1. The predicted molar refractivity (Wildman–Crippen MR) is 39.8 cm³/mol. The fraction of sp³-hybridized carbons (Fsp3) is 0.667. The molecular formula is C3H9ClNO5P. The first-order chi connectivity index (χ1) is 4.42. The summed E-state index contributed by atoms with van der Waals surface area (Å²) in [5.41, 5.74) is 0. The SMILES string of the molecule is Cl.O=C(O)CNCP(=O)(O)O. The maximum atomic E-state index is 10.1. The highest BCUT2D eigenvalue weighted by Gasteiger charge is 2.11. The van der Waals surface area contributed by atoms with Gasteiger partial charge in [-0.15, -0.1) is 12.4 Å². The number of aliphatic carboxylic acids is 1. The molecule has 0 aliphatic rings. The molecular weight excluding hydrogens is 196 g/mol. The van der Waals surface area contributed by atoms with Gasteiger partial charge in [0, 0.05) is 0 Å². The number of carboxylic acid groups (broad SMARTS) is 1. The average Bonchev–Trinajstić information content (AvgIpc) is 1.59. The van der Waals surface area contributed by atoms with Gasteiger partial charge in [0.15, 0.2) is 0 Å². The lowest BCUT2D eigenvalue weighted by Crippen LogP contribution is -2.23. The molecule has 11 heavy (non-hydrogen) atoms. The van der Waals surface area contributed by atoms with Gasteiger partial charge in [0.2, 0.25) is 0 Å². The lowest BCUT2D eigenvalue weighted by atomic mass is 10.7. The minimum absolute atomic E-state index is 0. The Hall–Kier alpha value is -0.130. The molecule has 0 heterocycles. The summed E-state index contributed by atoms with van der Waals surface area (Å²) in [6, 6.07) is 0. The molecule has 0 aliphatic heterocycles. The van der Waals surface area contributed by atoms with E-state index in [1.807, 2.05) is 0 Å². The minimum atomic E-state index is -4.10. The Bertz CT molecular complexity index is 167. The molecule has 68 valence electrons. The zero-order chi connectivity index (χ0) is 8.20. The molecule has 0 spiro atoms. The third-order valence-corrected chi connectivity index (χ3v) is 1.23. The maximum Gasteiger partial charge on any atom is 0.339 e. The Kier molecular flexibility index (Phi) is 6.74. The maximum absolute atomic E-state index is 10.1. The van der Waals surface area contributed by atoms with Gasteiger partial charge in [-0.1, -0.05) is 0 Å². The van der Waals surface area contributed by atoms with Crippen molar-refractivity contribution in [2.24, 2.45) is 0 Å². The molecule has 0 radical (unpaired) electrons. The lowest BCUT2D eigenvalue weighted by Gasteiger charge is -2.02. The van der Waals surface area contributed by atoms with Crippen molar-refractivity contribution in [3.05, 3.63) is 0 Å². The van der Waals surface area contributed by atoms with Gasteiger partial charge in [-0.2, -0.15) is 0 Å². The number of rotatable bonds is 4. The zero-order valence-corrected chi connectivity index (χ0v) is 7.14. The highest BCUT2D eigenvalue weighted by Crippen LogP contribution is 2.31. The molecule has 0 fully saturated rings. The summed E-state index contributed by atoms with van der Waals surface area (Å²) < 4.78 is 10.1. The second-order valence-electron chi connectivity index (χ2n) is 1.64. The van der Waals surface area contributed by atoms with Gasteiger partial charge in [0.25, 0.3) is 0 Å². The molecule has 0 aromatic heterocycles. The first-order valence-electron chi connectivity index (χ1n) is 2.39. The van der Waals surface area contributed by atoms with Gasteiger partial charge in [0.05, 0.1) is 12.8 Å². The largest absolute Gasteiger partial charge is 0.480 e. The quantitative estimate of drug-likeness (QED) is 0.449. The van der Waals surface area contributed by atoms with Gasteiger partial charge in [-0.25, -0.2) is 0 Å². The van der Waals surface area contributed by atoms with E-state index in [4.69, 9.17) is 14.9 Å². The van der Waals surface area contributed by atoms with Crippen LogP contribution in [0.3, 0.4) is 0 Å².